The molecule has 4 aliphatic rings. The van der Waals surface area contributed by atoms with Crippen molar-refractivity contribution in [1.29, 1.82) is 0 Å². The fourth-order valence-electron chi connectivity index (χ4n) is 7.09. The molecule has 0 aromatic carbocycles. The number of hydrogen-bond donors (Lipinski definition) is 0. The second kappa shape index (κ2) is 4.34. The molecule has 4 aliphatic carbocycles. The summed E-state index contributed by atoms with van der Waals surface area (Å²) in [5.74, 6) is 3.53. The zero-order valence-electron chi connectivity index (χ0n) is 13.3. The van der Waals surface area contributed by atoms with Crippen LogP contribution in [0, 0.1) is 34.5 Å². The standard InChI is InChI=1S/C19H30O/c1-18-9-5-7-14(18)13-12-17(20)16-6-3-4-10-19(16,2)15(13)8-11-18/h13-16H,3-12H2,1-2H3/t13?,14?,15?,16-,18?,19?/m1/s1. The minimum absolute atomic E-state index is 0.363. The van der Waals surface area contributed by atoms with E-state index in [0.717, 1.165) is 24.2 Å². The molecule has 0 bridgehead atoms. The van der Waals surface area contributed by atoms with Crippen LogP contribution in [0.2, 0.25) is 0 Å². The van der Waals surface area contributed by atoms with Crippen molar-refractivity contribution in [3.05, 3.63) is 0 Å². The van der Waals surface area contributed by atoms with Crippen LogP contribution in [0.5, 0.6) is 0 Å². The molecule has 112 valence electrons. The van der Waals surface area contributed by atoms with Gasteiger partial charge in [0, 0.05) is 12.3 Å². The van der Waals surface area contributed by atoms with Crippen molar-refractivity contribution < 1.29 is 4.79 Å². The Balaban J connectivity index is 1.70. The Labute approximate surface area is 123 Å². The normalized spacial score (nSPS) is 55.0. The molecule has 0 aromatic heterocycles. The first-order chi connectivity index (χ1) is 9.55. The molecular weight excluding hydrogens is 244 g/mol. The summed E-state index contributed by atoms with van der Waals surface area (Å²) < 4.78 is 0. The molecule has 0 amide bonds. The van der Waals surface area contributed by atoms with E-state index < -0.39 is 0 Å². The summed E-state index contributed by atoms with van der Waals surface area (Å²) in [5, 5.41) is 0. The average Bonchev–Trinajstić information content (AvgIpc) is 2.81. The van der Waals surface area contributed by atoms with Crippen molar-refractivity contribution in [3.8, 4) is 0 Å². The molecule has 6 atom stereocenters. The smallest absolute Gasteiger partial charge is 0.136 e. The van der Waals surface area contributed by atoms with Crippen LogP contribution in [-0.4, -0.2) is 5.78 Å². The van der Waals surface area contributed by atoms with E-state index in [0.29, 0.717) is 22.5 Å². The maximum absolute atomic E-state index is 12.8. The third-order valence-corrected chi connectivity index (χ3v) is 8.15. The topological polar surface area (TPSA) is 17.1 Å². The molecule has 0 saturated heterocycles. The van der Waals surface area contributed by atoms with E-state index in [1.165, 1.54) is 57.8 Å². The van der Waals surface area contributed by atoms with E-state index in [9.17, 15) is 4.79 Å². The second-order valence-electron chi connectivity index (χ2n) is 8.94. The summed E-state index contributed by atoms with van der Waals surface area (Å²) in [6.07, 6.45) is 13.2. The number of ketones is 1. The number of Topliss-reactive ketones (excluding diaryl/α,β-unsaturated/α-hetero) is 1. The van der Waals surface area contributed by atoms with Crippen molar-refractivity contribution in [2.75, 3.05) is 0 Å². The summed E-state index contributed by atoms with van der Waals surface area (Å²) >= 11 is 0. The highest BCUT2D eigenvalue weighted by atomic mass is 16.1. The van der Waals surface area contributed by atoms with E-state index in [4.69, 9.17) is 0 Å². The molecule has 0 aromatic rings. The van der Waals surface area contributed by atoms with E-state index in [1.807, 2.05) is 0 Å². The quantitative estimate of drug-likeness (QED) is 0.608. The first-order valence-corrected chi connectivity index (χ1v) is 9.07. The molecule has 0 radical (unpaired) electrons. The van der Waals surface area contributed by atoms with E-state index in [-0.39, 0.29) is 0 Å². The van der Waals surface area contributed by atoms with Crippen LogP contribution in [0.4, 0.5) is 0 Å². The molecule has 1 nitrogen and oxygen atoms in total. The Kier molecular flexibility index (Phi) is 2.89. The third-order valence-electron chi connectivity index (χ3n) is 8.15. The monoisotopic (exact) mass is 274 g/mol. The number of carbonyl (C=O) groups excluding carboxylic acids is 1. The van der Waals surface area contributed by atoms with Gasteiger partial charge in [0.25, 0.3) is 0 Å². The SMILES string of the molecule is CC12CCCC1C1CC(=O)[C@H]3CCCCC3(C)C1CC2. The van der Waals surface area contributed by atoms with Crippen LogP contribution in [0.15, 0.2) is 0 Å². The van der Waals surface area contributed by atoms with Gasteiger partial charge < -0.3 is 0 Å². The lowest BCUT2D eigenvalue weighted by atomic mass is 9.45. The van der Waals surface area contributed by atoms with Gasteiger partial charge in [-0.1, -0.05) is 33.1 Å². The highest BCUT2D eigenvalue weighted by molar-refractivity contribution is 5.83. The summed E-state index contributed by atoms with van der Waals surface area (Å²) in [6, 6.07) is 0. The van der Waals surface area contributed by atoms with Crippen molar-refractivity contribution in [1.82, 2.24) is 0 Å². The lowest BCUT2D eigenvalue weighted by molar-refractivity contribution is -0.152. The Morgan fingerprint density at radius 2 is 1.75 bits per heavy atom. The first kappa shape index (κ1) is 13.3. The van der Waals surface area contributed by atoms with Gasteiger partial charge in [0.15, 0.2) is 0 Å². The molecular formula is C19H30O. The maximum atomic E-state index is 12.8. The van der Waals surface area contributed by atoms with Crippen LogP contribution in [0.1, 0.15) is 78.1 Å². The molecule has 0 spiro atoms. The van der Waals surface area contributed by atoms with Crippen molar-refractivity contribution >= 4 is 5.78 Å². The fraction of sp³-hybridized carbons (Fsp3) is 0.947. The molecule has 0 N–H and O–H groups in total. The Hall–Kier alpha value is -0.330. The summed E-state index contributed by atoms with van der Waals surface area (Å²) in [6.45, 7) is 5.02. The summed E-state index contributed by atoms with van der Waals surface area (Å²) in [7, 11) is 0. The molecule has 20 heavy (non-hydrogen) atoms. The molecule has 5 unspecified atom stereocenters. The highest BCUT2D eigenvalue weighted by Crippen LogP contribution is 2.65. The Morgan fingerprint density at radius 1 is 0.900 bits per heavy atom. The van der Waals surface area contributed by atoms with Crippen LogP contribution in [-0.2, 0) is 4.79 Å². The van der Waals surface area contributed by atoms with Gasteiger partial charge in [-0.15, -0.1) is 0 Å². The van der Waals surface area contributed by atoms with Gasteiger partial charge in [-0.05, 0) is 67.1 Å². The summed E-state index contributed by atoms with van der Waals surface area (Å²) in [4.78, 5) is 12.8. The second-order valence-corrected chi connectivity index (χ2v) is 8.94. The van der Waals surface area contributed by atoms with E-state index in [1.54, 1.807) is 0 Å². The van der Waals surface area contributed by atoms with E-state index >= 15 is 0 Å². The molecule has 4 saturated carbocycles. The van der Waals surface area contributed by atoms with Gasteiger partial charge in [0.2, 0.25) is 0 Å². The van der Waals surface area contributed by atoms with Gasteiger partial charge in [-0.2, -0.15) is 0 Å². The minimum atomic E-state index is 0.363. The van der Waals surface area contributed by atoms with Crippen molar-refractivity contribution in [3.63, 3.8) is 0 Å². The molecule has 4 rings (SSSR count). The average molecular weight is 274 g/mol. The third kappa shape index (κ3) is 1.64. The van der Waals surface area contributed by atoms with Gasteiger partial charge in [-0.3, -0.25) is 4.79 Å². The Bertz CT molecular complexity index is 427. The number of fused-ring (bicyclic) bond motifs is 5. The molecule has 4 fully saturated rings. The van der Waals surface area contributed by atoms with Crippen molar-refractivity contribution in [2.24, 2.45) is 34.5 Å². The number of rotatable bonds is 0. The lowest BCUT2D eigenvalue weighted by Gasteiger charge is -2.59. The number of hydrogen-bond acceptors (Lipinski definition) is 1. The first-order valence-electron chi connectivity index (χ1n) is 9.07. The minimum Gasteiger partial charge on any atom is -0.299 e. The Morgan fingerprint density at radius 3 is 2.60 bits per heavy atom. The van der Waals surface area contributed by atoms with Gasteiger partial charge in [0.1, 0.15) is 5.78 Å². The molecule has 0 heterocycles. The molecule has 1 heteroatoms. The largest absolute Gasteiger partial charge is 0.299 e. The van der Waals surface area contributed by atoms with E-state index in [2.05, 4.69) is 13.8 Å². The maximum Gasteiger partial charge on any atom is 0.136 e. The highest BCUT2D eigenvalue weighted by Gasteiger charge is 2.59. The zero-order valence-corrected chi connectivity index (χ0v) is 13.3. The van der Waals surface area contributed by atoms with Crippen LogP contribution in [0.3, 0.4) is 0 Å². The lowest BCUT2D eigenvalue weighted by Crippen LogP contribution is -2.55. The number of carbonyl (C=O) groups is 1. The predicted octanol–water partition coefficient (Wildman–Crippen LogP) is 4.99. The summed E-state index contributed by atoms with van der Waals surface area (Å²) in [5.41, 5.74) is 0.946. The van der Waals surface area contributed by atoms with Crippen LogP contribution >= 0.6 is 0 Å². The van der Waals surface area contributed by atoms with Gasteiger partial charge in [-0.25, -0.2) is 0 Å². The zero-order chi connectivity index (χ0) is 14.0. The van der Waals surface area contributed by atoms with Gasteiger partial charge >= 0.3 is 0 Å². The predicted molar refractivity (Wildman–Crippen MR) is 81.4 cm³/mol. The molecule has 0 aliphatic heterocycles. The van der Waals surface area contributed by atoms with Crippen LogP contribution < -0.4 is 0 Å². The fourth-order valence-corrected chi connectivity index (χ4v) is 7.09. The van der Waals surface area contributed by atoms with Crippen LogP contribution in [0.25, 0.3) is 0 Å². The van der Waals surface area contributed by atoms with Gasteiger partial charge in [0.05, 0.1) is 0 Å². The van der Waals surface area contributed by atoms with Crippen molar-refractivity contribution in [2.45, 2.75) is 78.1 Å².